The maximum Gasteiger partial charge on any atom is 0.254 e. The third-order valence-corrected chi connectivity index (χ3v) is 8.43. The van der Waals surface area contributed by atoms with Gasteiger partial charge in [-0.25, -0.2) is 8.42 Å². The Balaban J connectivity index is 1.68. The fraction of sp³-hybridized carbons (Fsp3) is 0.480. The highest BCUT2D eigenvalue weighted by Gasteiger charge is 2.32. The topological polar surface area (TPSA) is 85.4 Å². The first-order chi connectivity index (χ1) is 16.5. The molecule has 2 heterocycles. The molecule has 8 nitrogen and oxygen atoms in total. The van der Waals surface area contributed by atoms with E-state index in [1.807, 2.05) is 29.2 Å². The van der Waals surface area contributed by atoms with Crippen LogP contribution in [0.25, 0.3) is 0 Å². The van der Waals surface area contributed by atoms with Gasteiger partial charge in [0, 0.05) is 25.2 Å². The van der Waals surface area contributed by atoms with Crippen LogP contribution < -0.4 is 9.47 Å². The van der Waals surface area contributed by atoms with E-state index in [0.29, 0.717) is 25.3 Å². The number of methoxy groups -OCH3 is 2. The molecule has 9 heteroatoms. The van der Waals surface area contributed by atoms with Crippen LogP contribution in [0.15, 0.2) is 47.4 Å². The maximum absolute atomic E-state index is 13.7. The summed E-state index contributed by atoms with van der Waals surface area (Å²) in [5.74, 6) is 0.817. The first-order valence-corrected chi connectivity index (χ1v) is 13.1. The van der Waals surface area contributed by atoms with E-state index in [1.165, 1.54) is 17.5 Å². The van der Waals surface area contributed by atoms with Crippen molar-refractivity contribution in [1.82, 2.24) is 9.21 Å². The SMILES string of the molecule is COc1ccc(C2CCCCCN2C(=O)c2ccc(OC)c(S(=O)(=O)N3CCOCC3)c2)cc1. The highest BCUT2D eigenvalue weighted by Crippen LogP contribution is 2.34. The molecule has 2 fully saturated rings. The maximum atomic E-state index is 13.7. The first-order valence-electron chi connectivity index (χ1n) is 11.7. The quantitative estimate of drug-likeness (QED) is 0.619. The zero-order valence-electron chi connectivity index (χ0n) is 19.7. The van der Waals surface area contributed by atoms with Crippen molar-refractivity contribution < 1.29 is 27.4 Å². The minimum Gasteiger partial charge on any atom is -0.497 e. The normalized spacial score (nSPS) is 19.9. The number of hydrogen-bond acceptors (Lipinski definition) is 6. The summed E-state index contributed by atoms with van der Waals surface area (Å²) in [7, 11) is -0.767. The Bertz CT molecular complexity index is 1100. The van der Waals surface area contributed by atoms with Gasteiger partial charge in [-0.1, -0.05) is 25.0 Å². The summed E-state index contributed by atoms with van der Waals surface area (Å²) in [5.41, 5.74) is 1.39. The average Bonchev–Trinajstić information content (AvgIpc) is 3.14. The van der Waals surface area contributed by atoms with Crippen LogP contribution in [0, 0.1) is 0 Å². The number of sulfonamides is 1. The lowest BCUT2D eigenvalue weighted by Gasteiger charge is -2.31. The van der Waals surface area contributed by atoms with Gasteiger partial charge >= 0.3 is 0 Å². The Labute approximate surface area is 201 Å². The minimum atomic E-state index is -3.83. The minimum absolute atomic E-state index is 0.0126. The molecule has 34 heavy (non-hydrogen) atoms. The van der Waals surface area contributed by atoms with Crippen LogP contribution in [0.4, 0.5) is 0 Å². The summed E-state index contributed by atoms with van der Waals surface area (Å²) in [6.07, 6.45) is 3.84. The number of nitrogens with zero attached hydrogens (tertiary/aromatic N) is 2. The van der Waals surface area contributed by atoms with Gasteiger partial charge in [0.15, 0.2) is 0 Å². The number of likely N-dealkylation sites (tertiary alicyclic amines) is 1. The Hall–Kier alpha value is -2.62. The molecule has 1 atom stereocenters. The molecule has 0 aromatic heterocycles. The number of amides is 1. The Morgan fingerprint density at radius 1 is 0.941 bits per heavy atom. The second-order valence-corrected chi connectivity index (χ2v) is 10.4. The number of carbonyl (C=O) groups is 1. The molecule has 184 valence electrons. The van der Waals surface area contributed by atoms with Gasteiger partial charge in [0.2, 0.25) is 10.0 Å². The summed E-state index contributed by atoms with van der Waals surface area (Å²) in [6, 6.07) is 12.4. The van der Waals surface area contributed by atoms with E-state index < -0.39 is 10.0 Å². The van der Waals surface area contributed by atoms with Gasteiger partial charge in [-0.3, -0.25) is 4.79 Å². The van der Waals surface area contributed by atoms with Crippen LogP contribution in [-0.4, -0.2) is 70.6 Å². The van der Waals surface area contributed by atoms with Gasteiger partial charge in [-0.15, -0.1) is 0 Å². The highest BCUT2D eigenvalue weighted by atomic mass is 32.2. The van der Waals surface area contributed by atoms with E-state index in [2.05, 4.69) is 0 Å². The van der Waals surface area contributed by atoms with Crippen molar-refractivity contribution in [2.75, 3.05) is 47.1 Å². The molecule has 0 N–H and O–H groups in total. The predicted octanol–water partition coefficient (Wildman–Crippen LogP) is 3.48. The number of benzene rings is 2. The molecule has 2 aliphatic rings. The van der Waals surface area contributed by atoms with Crippen molar-refractivity contribution >= 4 is 15.9 Å². The summed E-state index contributed by atoms with van der Waals surface area (Å²) in [6.45, 7) is 1.85. The molecule has 1 unspecified atom stereocenters. The van der Waals surface area contributed by atoms with Crippen molar-refractivity contribution in [3.63, 3.8) is 0 Å². The number of ether oxygens (including phenoxy) is 3. The molecule has 1 amide bonds. The lowest BCUT2D eigenvalue weighted by atomic mass is 10.00. The largest absolute Gasteiger partial charge is 0.497 e. The molecule has 0 saturated carbocycles. The lowest BCUT2D eigenvalue weighted by Crippen LogP contribution is -2.41. The average molecular weight is 489 g/mol. The van der Waals surface area contributed by atoms with Gasteiger partial charge in [-0.05, 0) is 48.7 Å². The van der Waals surface area contributed by atoms with Crippen LogP contribution in [-0.2, 0) is 14.8 Å². The van der Waals surface area contributed by atoms with Crippen molar-refractivity contribution in [3.05, 3.63) is 53.6 Å². The van der Waals surface area contributed by atoms with Crippen LogP contribution in [0.1, 0.15) is 47.6 Å². The highest BCUT2D eigenvalue weighted by molar-refractivity contribution is 7.89. The van der Waals surface area contributed by atoms with Crippen LogP contribution >= 0.6 is 0 Å². The third-order valence-electron chi connectivity index (χ3n) is 6.51. The van der Waals surface area contributed by atoms with Gasteiger partial charge in [0.1, 0.15) is 16.4 Å². The van der Waals surface area contributed by atoms with E-state index in [4.69, 9.17) is 14.2 Å². The van der Waals surface area contributed by atoms with Crippen LogP contribution in [0.3, 0.4) is 0 Å². The molecule has 0 radical (unpaired) electrons. The second kappa shape index (κ2) is 10.8. The molecule has 2 aromatic carbocycles. The van der Waals surface area contributed by atoms with E-state index in [9.17, 15) is 13.2 Å². The number of morpholine rings is 1. The van der Waals surface area contributed by atoms with Gasteiger partial charge < -0.3 is 19.1 Å². The van der Waals surface area contributed by atoms with Crippen molar-refractivity contribution in [1.29, 1.82) is 0 Å². The predicted molar refractivity (Wildman–Crippen MR) is 128 cm³/mol. The summed E-state index contributed by atoms with van der Waals surface area (Å²) < 4.78 is 44.1. The zero-order chi connectivity index (χ0) is 24.1. The van der Waals surface area contributed by atoms with E-state index in [-0.39, 0.29) is 35.7 Å². The third kappa shape index (κ3) is 5.06. The van der Waals surface area contributed by atoms with E-state index >= 15 is 0 Å². The smallest absolute Gasteiger partial charge is 0.254 e. The van der Waals surface area contributed by atoms with Crippen molar-refractivity contribution in [2.45, 2.75) is 36.6 Å². The second-order valence-electron chi connectivity index (χ2n) is 8.52. The number of carbonyl (C=O) groups excluding carboxylic acids is 1. The lowest BCUT2D eigenvalue weighted by molar-refractivity contribution is 0.0680. The Morgan fingerprint density at radius 2 is 1.68 bits per heavy atom. The van der Waals surface area contributed by atoms with E-state index in [1.54, 1.807) is 19.2 Å². The molecule has 0 bridgehead atoms. The summed E-state index contributed by atoms with van der Waals surface area (Å²) in [5, 5.41) is 0. The standard InChI is InChI=1S/C25H32N2O6S/c1-31-21-10-7-19(8-11-21)22-6-4-3-5-13-27(22)25(28)20-9-12-23(32-2)24(18-20)34(29,30)26-14-16-33-17-15-26/h7-12,18,22H,3-6,13-17H2,1-2H3. The molecule has 2 aromatic rings. The molecule has 0 spiro atoms. The summed E-state index contributed by atoms with van der Waals surface area (Å²) >= 11 is 0. The number of rotatable bonds is 6. The zero-order valence-corrected chi connectivity index (χ0v) is 20.6. The Morgan fingerprint density at radius 3 is 2.35 bits per heavy atom. The van der Waals surface area contributed by atoms with Gasteiger partial charge in [-0.2, -0.15) is 4.31 Å². The van der Waals surface area contributed by atoms with Crippen molar-refractivity contribution in [2.24, 2.45) is 0 Å². The fourth-order valence-corrected chi connectivity index (χ4v) is 6.22. The molecular formula is C25H32N2O6S. The van der Waals surface area contributed by atoms with Gasteiger partial charge in [0.05, 0.1) is 33.5 Å². The monoisotopic (exact) mass is 488 g/mol. The molecule has 2 aliphatic heterocycles. The molecule has 4 rings (SSSR count). The molecule has 0 aliphatic carbocycles. The summed E-state index contributed by atoms with van der Waals surface area (Å²) in [4.78, 5) is 15.6. The van der Waals surface area contributed by atoms with Gasteiger partial charge in [0.25, 0.3) is 5.91 Å². The van der Waals surface area contributed by atoms with Crippen molar-refractivity contribution in [3.8, 4) is 11.5 Å². The first kappa shape index (κ1) is 24.5. The molecular weight excluding hydrogens is 456 g/mol. The number of hydrogen-bond donors (Lipinski definition) is 0. The Kier molecular flexibility index (Phi) is 7.75. The molecule has 2 saturated heterocycles. The van der Waals surface area contributed by atoms with E-state index in [0.717, 1.165) is 37.0 Å². The fourth-order valence-electron chi connectivity index (χ4n) is 4.63. The van der Waals surface area contributed by atoms with Crippen LogP contribution in [0.2, 0.25) is 0 Å². The van der Waals surface area contributed by atoms with Crippen LogP contribution in [0.5, 0.6) is 11.5 Å².